The summed E-state index contributed by atoms with van der Waals surface area (Å²) in [5, 5.41) is 2.12. The Hall–Kier alpha value is -1.72. The van der Waals surface area contributed by atoms with Crippen molar-refractivity contribution in [3.63, 3.8) is 0 Å². The van der Waals surface area contributed by atoms with Crippen LogP contribution in [0.15, 0.2) is 28.1 Å². The van der Waals surface area contributed by atoms with Crippen LogP contribution in [0.3, 0.4) is 0 Å². The van der Waals surface area contributed by atoms with Gasteiger partial charge in [0.05, 0.1) is 23.6 Å². The first-order valence-corrected chi connectivity index (χ1v) is 13.4. The molecule has 3 N–H and O–H groups in total. The highest BCUT2D eigenvalue weighted by Crippen LogP contribution is 2.27. The highest BCUT2D eigenvalue weighted by Gasteiger charge is 2.36. The minimum Gasteiger partial charge on any atom is -0.493 e. The second-order valence-corrected chi connectivity index (χ2v) is 11.0. The molecule has 0 radical (unpaired) electrons. The Morgan fingerprint density at radius 1 is 1.21 bits per heavy atom. The van der Waals surface area contributed by atoms with Gasteiger partial charge in [-0.05, 0) is 44.5 Å². The minimum atomic E-state index is -3.61. The number of amidine groups is 1. The van der Waals surface area contributed by atoms with E-state index in [1.807, 2.05) is 21.0 Å². The molecular weight excluding hydrogens is 440 g/mol. The maximum Gasteiger partial charge on any atom is 0.243 e. The fourth-order valence-corrected chi connectivity index (χ4v) is 6.08. The molecule has 2 heterocycles. The Bertz CT molecular complexity index is 930. The zero-order valence-corrected chi connectivity index (χ0v) is 21.4. The van der Waals surface area contributed by atoms with Crippen molar-refractivity contribution in [2.24, 2.45) is 16.6 Å². The van der Waals surface area contributed by atoms with E-state index in [4.69, 9.17) is 10.5 Å². The number of sulfonamides is 1. The van der Waals surface area contributed by atoms with Gasteiger partial charge in [-0.3, -0.25) is 10.4 Å². The largest absolute Gasteiger partial charge is 0.493 e. The summed E-state index contributed by atoms with van der Waals surface area (Å²) >= 11 is 0. The SMILES string of the molecule is CCC[C@@H]1NN(C)C(CN=C(N)c2cc(S(=O)(=O)N3CCN(C)CC3)ccc2OCC)C1C. The van der Waals surface area contributed by atoms with Crippen LogP contribution in [0.5, 0.6) is 5.75 Å². The Morgan fingerprint density at radius 2 is 1.91 bits per heavy atom. The fourth-order valence-electron chi connectivity index (χ4n) is 4.63. The molecule has 2 fully saturated rings. The smallest absolute Gasteiger partial charge is 0.243 e. The van der Waals surface area contributed by atoms with Gasteiger partial charge < -0.3 is 15.4 Å². The van der Waals surface area contributed by atoms with E-state index >= 15 is 0 Å². The van der Waals surface area contributed by atoms with Gasteiger partial charge in [0.15, 0.2) is 0 Å². The summed E-state index contributed by atoms with van der Waals surface area (Å²) in [4.78, 5) is 7.03. The van der Waals surface area contributed by atoms with Crippen molar-refractivity contribution in [3.05, 3.63) is 23.8 Å². The third-order valence-electron chi connectivity index (χ3n) is 6.78. The molecule has 0 amide bonds. The van der Waals surface area contributed by atoms with Crippen molar-refractivity contribution >= 4 is 15.9 Å². The number of benzene rings is 1. The highest BCUT2D eigenvalue weighted by atomic mass is 32.2. The number of nitrogens with one attached hydrogen (secondary N) is 1. The van der Waals surface area contributed by atoms with E-state index in [1.54, 1.807) is 18.2 Å². The van der Waals surface area contributed by atoms with E-state index in [0.29, 0.717) is 68.4 Å². The molecule has 2 saturated heterocycles. The van der Waals surface area contributed by atoms with Gasteiger partial charge in [0, 0.05) is 45.3 Å². The zero-order valence-electron chi connectivity index (χ0n) is 20.6. The van der Waals surface area contributed by atoms with Crippen molar-refractivity contribution in [1.29, 1.82) is 0 Å². The average Bonchev–Trinajstić information content (AvgIpc) is 3.05. The molecular formula is C23H40N6O3S. The van der Waals surface area contributed by atoms with Gasteiger partial charge in [0.1, 0.15) is 11.6 Å². The molecule has 9 nitrogen and oxygen atoms in total. The lowest BCUT2D eigenvalue weighted by Crippen LogP contribution is -2.47. The van der Waals surface area contributed by atoms with Gasteiger partial charge in [-0.1, -0.05) is 20.3 Å². The standard InChI is InChI=1S/C23H40N6O3S/c1-6-8-20-17(3)21(28(5)26-20)16-25-23(24)19-15-18(9-10-22(19)32-7-2)33(30,31)29-13-11-27(4)12-14-29/h9-10,15,17,20-21,26H,6-8,11-14,16H2,1-5H3,(H2,24,25)/t17?,20-,21?/m0/s1. The van der Waals surface area contributed by atoms with Crippen molar-refractivity contribution in [1.82, 2.24) is 19.6 Å². The number of nitrogens with zero attached hydrogens (tertiary/aromatic N) is 4. The number of nitrogens with two attached hydrogens (primary N) is 1. The Labute approximate surface area is 199 Å². The molecule has 2 unspecified atom stereocenters. The fraction of sp³-hybridized carbons (Fsp3) is 0.696. The molecule has 1 aromatic rings. The average molecular weight is 481 g/mol. The molecule has 1 aromatic carbocycles. The summed E-state index contributed by atoms with van der Waals surface area (Å²) in [6, 6.07) is 5.54. The molecule has 0 saturated carbocycles. The predicted molar refractivity (Wildman–Crippen MR) is 132 cm³/mol. The van der Waals surface area contributed by atoms with Crippen LogP contribution >= 0.6 is 0 Å². The molecule has 186 valence electrons. The van der Waals surface area contributed by atoms with E-state index in [2.05, 4.69) is 34.2 Å². The Morgan fingerprint density at radius 3 is 2.55 bits per heavy atom. The molecule has 0 aromatic heterocycles. The van der Waals surface area contributed by atoms with Gasteiger partial charge in [0.2, 0.25) is 10.0 Å². The van der Waals surface area contributed by atoms with Crippen LogP contribution in [0.25, 0.3) is 0 Å². The number of likely N-dealkylation sites (N-methyl/N-ethyl adjacent to an activating group) is 2. The van der Waals surface area contributed by atoms with Crippen molar-refractivity contribution in [3.8, 4) is 5.75 Å². The molecule has 10 heteroatoms. The summed E-state index contributed by atoms with van der Waals surface area (Å²) in [6.07, 6.45) is 2.24. The first-order chi connectivity index (χ1) is 15.7. The third kappa shape index (κ3) is 5.86. The molecule has 0 spiro atoms. The monoisotopic (exact) mass is 480 g/mol. The quantitative estimate of drug-likeness (QED) is 0.406. The van der Waals surface area contributed by atoms with Crippen LogP contribution in [0.4, 0.5) is 0 Å². The Kier molecular flexibility index (Phi) is 8.74. The van der Waals surface area contributed by atoms with E-state index in [0.717, 1.165) is 12.8 Å². The number of ether oxygens (including phenoxy) is 1. The number of hydrogen-bond acceptors (Lipinski definition) is 7. The topological polar surface area (TPSA) is 103 Å². The first kappa shape index (κ1) is 25.9. The van der Waals surface area contributed by atoms with Crippen LogP contribution in [-0.4, -0.2) is 94.0 Å². The van der Waals surface area contributed by atoms with E-state index in [-0.39, 0.29) is 10.9 Å². The third-order valence-corrected chi connectivity index (χ3v) is 8.68. The zero-order chi connectivity index (χ0) is 24.2. The van der Waals surface area contributed by atoms with Gasteiger partial charge in [-0.25, -0.2) is 13.4 Å². The normalized spacial score (nSPS) is 26.1. The lowest BCUT2D eigenvalue weighted by Gasteiger charge is -2.31. The van der Waals surface area contributed by atoms with Gasteiger partial charge in [0.25, 0.3) is 0 Å². The summed E-state index contributed by atoms with van der Waals surface area (Å²) in [5.74, 6) is 1.28. The number of rotatable bonds is 9. The number of piperazine rings is 1. The molecule has 2 aliphatic rings. The molecule has 0 bridgehead atoms. The van der Waals surface area contributed by atoms with Crippen molar-refractivity contribution in [2.75, 3.05) is 53.4 Å². The molecule has 2 aliphatic heterocycles. The maximum absolute atomic E-state index is 13.3. The van der Waals surface area contributed by atoms with Gasteiger partial charge in [-0.15, -0.1) is 0 Å². The van der Waals surface area contributed by atoms with E-state index in [9.17, 15) is 8.42 Å². The predicted octanol–water partition coefficient (Wildman–Crippen LogP) is 1.35. The van der Waals surface area contributed by atoms with Gasteiger partial charge >= 0.3 is 0 Å². The molecule has 3 atom stereocenters. The van der Waals surface area contributed by atoms with Gasteiger partial charge in [-0.2, -0.15) is 4.31 Å². The molecule has 3 rings (SSSR count). The second kappa shape index (κ2) is 11.1. The Balaban J connectivity index is 1.84. The highest BCUT2D eigenvalue weighted by molar-refractivity contribution is 7.89. The first-order valence-electron chi connectivity index (χ1n) is 11.9. The lowest BCUT2D eigenvalue weighted by molar-refractivity contribution is 0.222. The summed E-state index contributed by atoms with van der Waals surface area (Å²) in [6.45, 7) is 9.68. The second-order valence-electron chi connectivity index (χ2n) is 9.09. The van der Waals surface area contributed by atoms with E-state index < -0.39 is 10.0 Å². The number of hydrazine groups is 1. The summed E-state index contributed by atoms with van der Waals surface area (Å²) in [7, 11) is 0.425. The lowest BCUT2D eigenvalue weighted by atomic mass is 9.93. The van der Waals surface area contributed by atoms with Crippen LogP contribution in [-0.2, 0) is 10.0 Å². The summed E-state index contributed by atoms with van der Waals surface area (Å²) in [5.41, 5.74) is 10.5. The van der Waals surface area contributed by atoms with Crippen molar-refractivity contribution in [2.45, 2.75) is 50.6 Å². The number of hydrogen-bond donors (Lipinski definition) is 2. The van der Waals surface area contributed by atoms with E-state index in [1.165, 1.54) is 4.31 Å². The van der Waals surface area contributed by atoms with Crippen LogP contribution < -0.4 is 15.9 Å². The minimum absolute atomic E-state index is 0.216. The van der Waals surface area contributed by atoms with Crippen LogP contribution in [0.2, 0.25) is 0 Å². The number of aliphatic imine (C=N–C) groups is 1. The molecule has 0 aliphatic carbocycles. The molecule has 33 heavy (non-hydrogen) atoms. The summed E-state index contributed by atoms with van der Waals surface area (Å²) < 4.78 is 33.8. The van der Waals surface area contributed by atoms with Crippen LogP contribution in [0.1, 0.15) is 39.2 Å². The maximum atomic E-state index is 13.3. The van der Waals surface area contributed by atoms with Crippen molar-refractivity contribution < 1.29 is 13.2 Å². The van der Waals surface area contributed by atoms with Crippen LogP contribution in [0, 0.1) is 5.92 Å².